The third-order valence-corrected chi connectivity index (χ3v) is 6.03. The number of fused-ring (bicyclic) bond motifs is 1. The van der Waals surface area contributed by atoms with Crippen molar-refractivity contribution in [3.63, 3.8) is 0 Å². The van der Waals surface area contributed by atoms with Crippen LogP contribution in [0.1, 0.15) is 31.2 Å². The largest absolute Gasteiger partial charge is 0.354 e. The summed E-state index contributed by atoms with van der Waals surface area (Å²) >= 11 is 0. The van der Waals surface area contributed by atoms with Crippen LogP contribution in [0, 0.1) is 12.8 Å². The fourth-order valence-corrected chi connectivity index (χ4v) is 4.15. The van der Waals surface area contributed by atoms with Gasteiger partial charge in [-0.05, 0) is 81.9 Å². The first-order chi connectivity index (χ1) is 13.6. The van der Waals surface area contributed by atoms with Crippen molar-refractivity contribution in [1.82, 2.24) is 19.9 Å². The van der Waals surface area contributed by atoms with E-state index in [1.165, 1.54) is 31.2 Å². The van der Waals surface area contributed by atoms with Gasteiger partial charge in [-0.3, -0.25) is 4.98 Å². The molecule has 1 aromatic carbocycles. The molecule has 0 spiro atoms. The fraction of sp³-hybridized carbons (Fsp3) is 0.435. The van der Waals surface area contributed by atoms with Crippen molar-refractivity contribution in [2.45, 2.75) is 38.6 Å². The molecule has 2 aromatic heterocycles. The summed E-state index contributed by atoms with van der Waals surface area (Å²) in [5.41, 5.74) is 4.50. The Hall–Kier alpha value is -2.53. The molecule has 0 saturated heterocycles. The monoisotopic (exact) mass is 375 g/mol. The van der Waals surface area contributed by atoms with Gasteiger partial charge in [0.05, 0.1) is 5.52 Å². The Balaban J connectivity index is 1.43. The number of anilines is 1. The Morgan fingerprint density at radius 3 is 2.64 bits per heavy atom. The molecule has 1 fully saturated rings. The second-order valence-corrected chi connectivity index (χ2v) is 8.18. The highest BCUT2D eigenvalue weighted by atomic mass is 15.1. The molecule has 0 aliphatic heterocycles. The standard InChI is InChI=1S/C23H29N5/c1-16-10-11-24-15-21(16)18-6-9-22-19(12-18)14-26-23(27-22)25-13-17-4-7-20(8-5-17)28(2)3/h6,9-12,14-15,17,20H,4-5,7-8,13H2,1-3H3,(H,25,26,27). The van der Waals surface area contributed by atoms with Crippen LogP contribution in [0.5, 0.6) is 0 Å². The predicted octanol–water partition coefficient (Wildman–Crippen LogP) is 4.53. The maximum absolute atomic E-state index is 4.71. The van der Waals surface area contributed by atoms with E-state index >= 15 is 0 Å². The minimum absolute atomic E-state index is 0.714. The Morgan fingerprint density at radius 2 is 1.89 bits per heavy atom. The predicted molar refractivity (Wildman–Crippen MR) is 115 cm³/mol. The number of pyridine rings is 1. The van der Waals surface area contributed by atoms with Gasteiger partial charge in [0, 0.05) is 42.1 Å². The molecule has 0 atom stereocenters. The lowest BCUT2D eigenvalue weighted by molar-refractivity contribution is 0.198. The summed E-state index contributed by atoms with van der Waals surface area (Å²) in [6, 6.07) is 9.12. The Bertz CT molecular complexity index is 945. The fourth-order valence-electron chi connectivity index (χ4n) is 4.15. The smallest absolute Gasteiger partial charge is 0.223 e. The van der Waals surface area contributed by atoms with Gasteiger partial charge in [0.2, 0.25) is 5.95 Å². The van der Waals surface area contributed by atoms with Gasteiger partial charge < -0.3 is 10.2 Å². The number of nitrogens with one attached hydrogen (secondary N) is 1. The van der Waals surface area contributed by atoms with Crippen LogP contribution in [0.4, 0.5) is 5.95 Å². The third-order valence-electron chi connectivity index (χ3n) is 6.03. The maximum atomic E-state index is 4.71. The zero-order valence-electron chi connectivity index (χ0n) is 17.0. The van der Waals surface area contributed by atoms with Crippen molar-refractivity contribution in [2.75, 3.05) is 26.0 Å². The van der Waals surface area contributed by atoms with E-state index in [4.69, 9.17) is 4.98 Å². The van der Waals surface area contributed by atoms with Gasteiger partial charge in [0.1, 0.15) is 0 Å². The van der Waals surface area contributed by atoms with Gasteiger partial charge >= 0.3 is 0 Å². The van der Waals surface area contributed by atoms with E-state index < -0.39 is 0 Å². The van der Waals surface area contributed by atoms with Crippen LogP contribution >= 0.6 is 0 Å². The first-order valence-corrected chi connectivity index (χ1v) is 10.2. The number of aromatic nitrogens is 3. The number of hydrogen-bond donors (Lipinski definition) is 1. The normalized spacial score (nSPS) is 19.9. The molecule has 0 amide bonds. The van der Waals surface area contributed by atoms with Gasteiger partial charge in [0.15, 0.2) is 0 Å². The lowest BCUT2D eigenvalue weighted by atomic mass is 9.85. The molecule has 0 radical (unpaired) electrons. The van der Waals surface area contributed by atoms with E-state index in [1.807, 2.05) is 24.7 Å². The maximum Gasteiger partial charge on any atom is 0.223 e. The van der Waals surface area contributed by atoms with E-state index in [0.29, 0.717) is 5.92 Å². The number of aryl methyl sites for hydroxylation is 1. The number of hydrogen-bond acceptors (Lipinski definition) is 5. The summed E-state index contributed by atoms with van der Waals surface area (Å²) < 4.78 is 0. The molecule has 28 heavy (non-hydrogen) atoms. The molecule has 5 heteroatoms. The van der Waals surface area contributed by atoms with Crippen molar-refractivity contribution >= 4 is 16.9 Å². The molecular weight excluding hydrogens is 346 g/mol. The second kappa shape index (κ2) is 8.23. The molecule has 1 N–H and O–H groups in total. The second-order valence-electron chi connectivity index (χ2n) is 8.18. The number of nitrogens with zero attached hydrogens (tertiary/aromatic N) is 4. The highest BCUT2D eigenvalue weighted by Gasteiger charge is 2.22. The molecule has 1 aliphatic carbocycles. The molecule has 1 aliphatic rings. The first-order valence-electron chi connectivity index (χ1n) is 10.2. The van der Waals surface area contributed by atoms with Crippen LogP contribution < -0.4 is 5.32 Å². The average Bonchev–Trinajstić information content (AvgIpc) is 2.72. The topological polar surface area (TPSA) is 53.9 Å². The minimum atomic E-state index is 0.714. The lowest BCUT2D eigenvalue weighted by Gasteiger charge is -2.32. The van der Waals surface area contributed by atoms with Crippen molar-refractivity contribution in [1.29, 1.82) is 0 Å². The number of rotatable bonds is 5. The Kier molecular flexibility index (Phi) is 5.53. The summed E-state index contributed by atoms with van der Waals surface area (Å²) in [5, 5.41) is 4.51. The molecule has 146 valence electrons. The van der Waals surface area contributed by atoms with E-state index in [-0.39, 0.29) is 0 Å². The molecule has 3 aromatic rings. The van der Waals surface area contributed by atoms with Gasteiger partial charge in [-0.15, -0.1) is 0 Å². The van der Waals surface area contributed by atoms with E-state index in [1.54, 1.807) is 0 Å². The zero-order valence-corrected chi connectivity index (χ0v) is 17.0. The van der Waals surface area contributed by atoms with Crippen LogP contribution in [0.15, 0.2) is 42.9 Å². The summed E-state index contributed by atoms with van der Waals surface area (Å²) in [4.78, 5) is 15.9. The van der Waals surface area contributed by atoms with E-state index in [2.05, 4.69) is 59.4 Å². The van der Waals surface area contributed by atoms with Crippen LogP contribution in [0.3, 0.4) is 0 Å². The van der Waals surface area contributed by atoms with E-state index in [0.717, 1.165) is 40.6 Å². The average molecular weight is 376 g/mol. The van der Waals surface area contributed by atoms with Crippen molar-refractivity contribution < 1.29 is 0 Å². The highest BCUT2D eigenvalue weighted by Crippen LogP contribution is 2.28. The lowest BCUT2D eigenvalue weighted by Crippen LogP contribution is -2.33. The molecule has 4 rings (SSSR count). The SMILES string of the molecule is Cc1ccncc1-c1ccc2nc(NCC3CCC(N(C)C)CC3)ncc2c1. The first kappa shape index (κ1) is 18.8. The Labute approximate surface area is 167 Å². The van der Waals surface area contributed by atoms with Gasteiger partial charge in [0.25, 0.3) is 0 Å². The zero-order chi connectivity index (χ0) is 19.5. The van der Waals surface area contributed by atoms with Gasteiger partial charge in [-0.2, -0.15) is 0 Å². The summed E-state index contributed by atoms with van der Waals surface area (Å²) in [5.74, 6) is 1.44. The molecular formula is C23H29N5. The van der Waals surface area contributed by atoms with Crippen LogP contribution in [-0.2, 0) is 0 Å². The molecule has 2 heterocycles. The quantitative estimate of drug-likeness (QED) is 0.710. The highest BCUT2D eigenvalue weighted by molar-refractivity contribution is 5.85. The minimum Gasteiger partial charge on any atom is -0.354 e. The molecule has 5 nitrogen and oxygen atoms in total. The molecule has 1 saturated carbocycles. The van der Waals surface area contributed by atoms with Crippen LogP contribution in [-0.4, -0.2) is 46.5 Å². The van der Waals surface area contributed by atoms with Gasteiger partial charge in [-0.1, -0.05) is 6.07 Å². The van der Waals surface area contributed by atoms with Gasteiger partial charge in [-0.25, -0.2) is 9.97 Å². The number of benzene rings is 1. The Morgan fingerprint density at radius 1 is 1.07 bits per heavy atom. The van der Waals surface area contributed by atoms with Crippen molar-refractivity contribution in [3.05, 3.63) is 48.4 Å². The van der Waals surface area contributed by atoms with Crippen molar-refractivity contribution in [3.8, 4) is 11.1 Å². The van der Waals surface area contributed by atoms with E-state index in [9.17, 15) is 0 Å². The molecule has 0 unspecified atom stereocenters. The van der Waals surface area contributed by atoms with Crippen LogP contribution in [0.25, 0.3) is 22.0 Å². The summed E-state index contributed by atoms with van der Waals surface area (Å²) in [7, 11) is 4.38. The van der Waals surface area contributed by atoms with Crippen LogP contribution in [0.2, 0.25) is 0 Å². The third kappa shape index (κ3) is 4.14. The summed E-state index contributed by atoms with van der Waals surface area (Å²) in [6.45, 7) is 3.06. The van der Waals surface area contributed by atoms with Crippen molar-refractivity contribution in [2.24, 2.45) is 5.92 Å². The molecule has 0 bridgehead atoms. The summed E-state index contributed by atoms with van der Waals surface area (Å²) in [6.07, 6.45) is 10.8.